The second kappa shape index (κ2) is 9.89. The van der Waals surface area contributed by atoms with Crippen LogP contribution < -0.4 is 5.32 Å². The standard InChI is InChI=1S/C22H26N4O3S2.ClH/c1-15(2)25-12-9-18-19(13-23)22(30-20(18)14-25)24-21(27)16-5-7-17(8-6-16)31(28,29)26-10-3-4-11-26;/h5-8,15H,3-4,9-12,14H2,1-2H3,(H,24,27);1H. The maximum Gasteiger partial charge on any atom is 0.256 e. The first-order chi connectivity index (χ1) is 14.8. The van der Waals surface area contributed by atoms with E-state index in [1.807, 2.05) is 0 Å². The molecule has 2 aromatic rings. The van der Waals surface area contributed by atoms with Gasteiger partial charge in [0, 0.05) is 42.7 Å². The Morgan fingerprint density at radius 2 is 1.81 bits per heavy atom. The van der Waals surface area contributed by atoms with Crippen LogP contribution in [0, 0.1) is 11.3 Å². The van der Waals surface area contributed by atoms with Crippen LogP contribution >= 0.6 is 23.7 Å². The number of carbonyl (C=O) groups excluding carboxylic acids is 1. The van der Waals surface area contributed by atoms with Crippen LogP contribution in [0.5, 0.6) is 0 Å². The van der Waals surface area contributed by atoms with Gasteiger partial charge in [-0.15, -0.1) is 23.7 Å². The fourth-order valence-corrected chi connectivity index (χ4v) is 6.84. The van der Waals surface area contributed by atoms with Crippen LogP contribution in [-0.2, 0) is 23.0 Å². The molecule has 1 saturated heterocycles. The van der Waals surface area contributed by atoms with Crippen molar-refractivity contribution < 1.29 is 13.2 Å². The van der Waals surface area contributed by atoms with Crippen LogP contribution in [0.1, 0.15) is 53.1 Å². The summed E-state index contributed by atoms with van der Waals surface area (Å²) in [5.41, 5.74) is 1.94. The second-order valence-corrected chi connectivity index (χ2v) is 11.3. The minimum Gasteiger partial charge on any atom is -0.312 e. The number of nitrogens with one attached hydrogen (secondary N) is 1. The van der Waals surface area contributed by atoms with Gasteiger partial charge in [-0.3, -0.25) is 9.69 Å². The monoisotopic (exact) mass is 494 g/mol. The fourth-order valence-electron chi connectivity index (χ4n) is 4.10. The normalized spacial score (nSPS) is 16.9. The molecule has 0 aliphatic carbocycles. The average Bonchev–Trinajstić information content (AvgIpc) is 3.41. The minimum atomic E-state index is -3.51. The van der Waals surface area contributed by atoms with E-state index in [2.05, 4.69) is 30.1 Å². The molecule has 0 atom stereocenters. The summed E-state index contributed by atoms with van der Waals surface area (Å²) in [6, 6.07) is 8.69. The van der Waals surface area contributed by atoms with E-state index in [0.717, 1.165) is 42.8 Å². The van der Waals surface area contributed by atoms with E-state index in [1.165, 1.54) is 39.9 Å². The molecule has 10 heteroatoms. The predicted molar refractivity (Wildman–Crippen MR) is 128 cm³/mol. The first kappa shape index (κ1) is 24.7. The zero-order chi connectivity index (χ0) is 22.2. The van der Waals surface area contributed by atoms with Crippen molar-refractivity contribution in [3.05, 3.63) is 45.8 Å². The Hall–Kier alpha value is -1.96. The van der Waals surface area contributed by atoms with Crippen molar-refractivity contribution in [2.75, 3.05) is 25.0 Å². The van der Waals surface area contributed by atoms with Crippen LogP contribution in [0.4, 0.5) is 5.00 Å². The van der Waals surface area contributed by atoms with Crippen molar-refractivity contribution in [3.63, 3.8) is 0 Å². The lowest BCUT2D eigenvalue weighted by molar-refractivity contribution is 0.102. The average molecular weight is 495 g/mol. The van der Waals surface area contributed by atoms with E-state index in [-0.39, 0.29) is 23.2 Å². The van der Waals surface area contributed by atoms with Gasteiger partial charge in [0.1, 0.15) is 11.1 Å². The predicted octanol–water partition coefficient (Wildman–Crippen LogP) is 3.84. The smallest absolute Gasteiger partial charge is 0.256 e. The number of carbonyl (C=O) groups is 1. The molecule has 1 aromatic carbocycles. The van der Waals surface area contributed by atoms with Gasteiger partial charge < -0.3 is 5.32 Å². The SMILES string of the molecule is CC(C)N1CCc2c(sc(NC(=O)c3ccc(S(=O)(=O)N4CCCC4)cc3)c2C#N)C1.Cl. The van der Waals surface area contributed by atoms with Gasteiger partial charge in [0.15, 0.2) is 0 Å². The first-order valence-corrected chi connectivity index (χ1v) is 12.8. The Balaban J connectivity index is 0.00000289. The zero-order valence-corrected chi connectivity index (χ0v) is 20.6. The van der Waals surface area contributed by atoms with Crippen LogP contribution in [0.15, 0.2) is 29.2 Å². The second-order valence-electron chi connectivity index (χ2n) is 8.22. The number of fused-ring (bicyclic) bond motifs is 1. The summed E-state index contributed by atoms with van der Waals surface area (Å²) in [6.07, 6.45) is 2.55. The lowest BCUT2D eigenvalue weighted by Gasteiger charge is -2.30. The topological polar surface area (TPSA) is 93.5 Å². The van der Waals surface area contributed by atoms with Crippen molar-refractivity contribution >= 4 is 44.7 Å². The number of thiophene rings is 1. The van der Waals surface area contributed by atoms with Gasteiger partial charge in [-0.1, -0.05) is 0 Å². The van der Waals surface area contributed by atoms with Gasteiger partial charge in [0.05, 0.1) is 10.5 Å². The van der Waals surface area contributed by atoms with Gasteiger partial charge >= 0.3 is 0 Å². The van der Waals surface area contributed by atoms with Crippen LogP contribution in [0.25, 0.3) is 0 Å². The quantitative estimate of drug-likeness (QED) is 0.681. The lowest BCUT2D eigenvalue weighted by Crippen LogP contribution is -2.35. The molecule has 1 fully saturated rings. The molecule has 32 heavy (non-hydrogen) atoms. The summed E-state index contributed by atoms with van der Waals surface area (Å²) >= 11 is 1.46. The summed E-state index contributed by atoms with van der Waals surface area (Å²) < 4.78 is 26.8. The molecule has 7 nitrogen and oxygen atoms in total. The minimum absolute atomic E-state index is 0. The molecule has 0 radical (unpaired) electrons. The maximum atomic E-state index is 12.8. The van der Waals surface area contributed by atoms with Gasteiger partial charge in [0.25, 0.3) is 5.91 Å². The number of hydrogen-bond acceptors (Lipinski definition) is 6. The molecule has 172 valence electrons. The molecule has 0 unspecified atom stereocenters. The Bertz CT molecular complexity index is 1130. The molecule has 0 saturated carbocycles. The number of hydrogen-bond donors (Lipinski definition) is 1. The number of rotatable bonds is 5. The number of benzene rings is 1. The van der Waals surface area contributed by atoms with E-state index >= 15 is 0 Å². The Kier molecular flexibility index (Phi) is 7.63. The summed E-state index contributed by atoms with van der Waals surface area (Å²) in [7, 11) is -3.51. The van der Waals surface area contributed by atoms with Gasteiger partial charge in [-0.05, 0) is 62.9 Å². The molecule has 2 aliphatic heterocycles. The lowest BCUT2D eigenvalue weighted by atomic mass is 10.0. The molecule has 1 amide bonds. The van der Waals surface area contributed by atoms with E-state index in [1.54, 1.807) is 0 Å². The third-order valence-electron chi connectivity index (χ3n) is 5.97. The third kappa shape index (κ3) is 4.70. The number of halogens is 1. The van der Waals surface area contributed by atoms with Gasteiger partial charge in [-0.2, -0.15) is 9.57 Å². The molecular weight excluding hydrogens is 468 g/mol. The zero-order valence-electron chi connectivity index (χ0n) is 18.1. The van der Waals surface area contributed by atoms with Crippen LogP contribution in [0.2, 0.25) is 0 Å². The largest absolute Gasteiger partial charge is 0.312 e. The molecule has 0 spiro atoms. The number of nitrogens with zero attached hydrogens (tertiary/aromatic N) is 3. The summed E-state index contributed by atoms with van der Waals surface area (Å²) in [4.78, 5) is 16.5. The van der Waals surface area contributed by atoms with Gasteiger partial charge in [0.2, 0.25) is 10.0 Å². The van der Waals surface area contributed by atoms with Crippen molar-refractivity contribution in [1.82, 2.24) is 9.21 Å². The molecule has 0 bridgehead atoms. The van der Waals surface area contributed by atoms with Crippen LogP contribution in [0.3, 0.4) is 0 Å². The van der Waals surface area contributed by atoms with Crippen molar-refractivity contribution in [2.24, 2.45) is 0 Å². The van der Waals surface area contributed by atoms with Crippen molar-refractivity contribution in [2.45, 2.75) is 50.6 Å². The highest BCUT2D eigenvalue weighted by Crippen LogP contribution is 2.37. The molecule has 1 aromatic heterocycles. The highest BCUT2D eigenvalue weighted by Gasteiger charge is 2.28. The molecule has 2 aliphatic rings. The fraction of sp³-hybridized carbons (Fsp3) is 0.455. The highest BCUT2D eigenvalue weighted by molar-refractivity contribution is 7.89. The van der Waals surface area contributed by atoms with Crippen molar-refractivity contribution in [1.29, 1.82) is 5.26 Å². The molecule has 1 N–H and O–H groups in total. The first-order valence-electron chi connectivity index (χ1n) is 10.5. The molecular formula is C22H27ClN4O3S2. The summed E-state index contributed by atoms with van der Waals surface area (Å²) in [5.74, 6) is -0.346. The van der Waals surface area contributed by atoms with E-state index < -0.39 is 10.0 Å². The highest BCUT2D eigenvalue weighted by atomic mass is 35.5. The summed E-state index contributed by atoms with van der Waals surface area (Å²) in [5, 5.41) is 13.1. The van der Waals surface area contributed by atoms with Crippen molar-refractivity contribution in [3.8, 4) is 6.07 Å². The third-order valence-corrected chi connectivity index (χ3v) is 9.02. The Labute approximate surface area is 199 Å². The van der Waals surface area contributed by atoms with Gasteiger partial charge in [-0.25, -0.2) is 8.42 Å². The number of amides is 1. The van der Waals surface area contributed by atoms with E-state index in [0.29, 0.717) is 35.3 Å². The Morgan fingerprint density at radius 3 is 2.41 bits per heavy atom. The maximum absolute atomic E-state index is 12.8. The Morgan fingerprint density at radius 1 is 1.16 bits per heavy atom. The molecule has 4 rings (SSSR count). The summed E-state index contributed by atoms with van der Waals surface area (Å²) in [6.45, 7) is 7.07. The number of sulfonamides is 1. The molecule has 3 heterocycles. The number of anilines is 1. The van der Waals surface area contributed by atoms with Crippen LogP contribution in [-0.4, -0.2) is 49.2 Å². The van der Waals surface area contributed by atoms with E-state index in [9.17, 15) is 18.5 Å². The van der Waals surface area contributed by atoms with E-state index in [4.69, 9.17) is 0 Å². The number of nitriles is 1.